The fraction of sp³-hybridized carbons (Fsp3) is 0.429. The van der Waals surface area contributed by atoms with E-state index in [2.05, 4.69) is 35.6 Å². The highest BCUT2D eigenvalue weighted by atomic mass is 32.2. The van der Waals surface area contributed by atoms with Crippen molar-refractivity contribution in [3.8, 4) is 11.5 Å². The number of hydrogen-bond acceptors (Lipinski definition) is 5. The second kappa shape index (κ2) is 6.21. The molecule has 1 N–H and O–H groups in total. The fourth-order valence-electron chi connectivity index (χ4n) is 1.57. The second-order valence-electron chi connectivity index (χ2n) is 4.93. The monoisotopic (exact) mass is 277 g/mol. The average molecular weight is 277 g/mol. The fourth-order valence-corrected chi connectivity index (χ4v) is 1.81. The number of nitrogens with one attached hydrogen (secondary N) is 1. The van der Waals surface area contributed by atoms with Gasteiger partial charge in [-0.05, 0) is 32.2 Å². The van der Waals surface area contributed by atoms with Crippen molar-refractivity contribution in [1.29, 1.82) is 0 Å². The Balaban J connectivity index is 1.92. The van der Waals surface area contributed by atoms with Crippen molar-refractivity contribution in [3.63, 3.8) is 0 Å². The van der Waals surface area contributed by atoms with E-state index in [9.17, 15) is 0 Å². The molecule has 0 radical (unpaired) electrons. The lowest BCUT2D eigenvalue weighted by atomic mass is 10.2. The SMILES string of the molecule is CSC(C)(C)CNCc1nnc(-c2ccccc2)o1. The van der Waals surface area contributed by atoms with E-state index in [1.165, 1.54) is 0 Å². The molecule has 1 aromatic heterocycles. The molecule has 0 unspecified atom stereocenters. The van der Waals surface area contributed by atoms with E-state index in [1.54, 1.807) is 0 Å². The number of nitrogens with zero attached hydrogens (tertiary/aromatic N) is 2. The standard InChI is InChI=1S/C14H19N3OS/c1-14(2,19-3)10-15-9-12-16-17-13(18-12)11-7-5-4-6-8-11/h4-8,15H,9-10H2,1-3H3. The third-order valence-corrected chi connectivity index (χ3v) is 4.12. The Morgan fingerprint density at radius 3 is 2.63 bits per heavy atom. The Kier molecular flexibility index (Phi) is 4.61. The molecule has 102 valence electrons. The van der Waals surface area contributed by atoms with Gasteiger partial charge in [-0.25, -0.2) is 0 Å². The highest BCUT2D eigenvalue weighted by molar-refractivity contribution is 7.99. The Bertz CT molecular complexity index is 510. The lowest BCUT2D eigenvalue weighted by molar-refractivity contribution is 0.467. The van der Waals surface area contributed by atoms with Crippen LogP contribution in [0.2, 0.25) is 0 Å². The summed E-state index contributed by atoms with van der Waals surface area (Å²) >= 11 is 1.84. The van der Waals surface area contributed by atoms with E-state index in [1.807, 2.05) is 42.1 Å². The van der Waals surface area contributed by atoms with E-state index >= 15 is 0 Å². The summed E-state index contributed by atoms with van der Waals surface area (Å²) in [6.45, 7) is 5.91. The first-order valence-corrected chi connectivity index (χ1v) is 7.47. The number of hydrogen-bond donors (Lipinski definition) is 1. The maximum atomic E-state index is 5.63. The molecule has 0 aliphatic heterocycles. The van der Waals surface area contributed by atoms with Crippen molar-refractivity contribution < 1.29 is 4.42 Å². The minimum absolute atomic E-state index is 0.211. The highest BCUT2D eigenvalue weighted by Gasteiger charge is 2.15. The van der Waals surface area contributed by atoms with Gasteiger partial charge in [-0.1, -0.05) is 18.2 Å². The summed E-state index contributed by atoms with van der Waals surface area (Å²) in [5.74, 6) is 1.19. The van der Waals surface area contributed by atoms with Gasteiger partial charge in [0.25, 0.3) is 0 Å². The molecule has 4 nitrogen and oxygen atoms in total. The van der Waals surface area contributed by atoms with Gasteiger partial charge < -0.3 is 9.73 Å². The molecule has 1 heterocycles. The molecule has 0 aliphatic carbocycles. The van der Waals surface area contributed by atoms with Crippen LogP contribution in [0.4, 0.5) is 0 Å². The van der Waals surface area contributed by atoms with Gasteiger partial charge in [0.1, 0.15) is 0 Å². The molecule has 0 spiro atoms. The summed E-state index contributed by atoms with van der Waals surface area (Å²) in [7, 11) is 0. The first-order valence-electron chi connectivity index (χ1n) is 6.24. The largest absolute Gasteiger partial charge is 0.419 e. The zero-order chi connectivity index (χ0) is 13.7. The first-order chi connectivity index (χ1) is 9.11. The maximum Gasteiger partial charge on any atom is 0.247 e. The molecular formula is C14H19N3OS. The second-order valence-corrected chi connectivity index (χ2v) is 6.45. The van der Waals surface area contributed by atoms with Gasteiger partial charge >= 0.3 is 0 Å². The lowest BCUT2D eigenvalue weighted by Gasteiger charge is -2.21. The van der Waals surface area contributed by atoms with Gasteiger partial charge in [0.15, 0.2) is 0 Å². The minimum Gasteiger partial charge on any atom is -0.419 e. The van der Waals surface area contributed by atoms with Crippen LogP contribution in [0.3, 0.4) is 0 Å². The molecule has 0 saturated carbocycles. The summed E-state index contributed by atoms with van der Waals surface area (Å²) in [6.07, 6.45) is 2.11. The van der Waals surface area contributed by atoms with Crippen molar-refractivity contribution in [1.82, 2.24) is 15.5 Å². The zero-order valence-corrected chi connectivity index (χ0v) is 12.3. The topological polar surface area (TPSA) is 51.0 Å². The van der Waals surface area contributed by atoms with Crippen LogP contribution in [0.25, 0.3) is 11.5 Å². The van der Waals surface area contributed by atoms with Gasteiger partial charge in [0, 0.05) is 16.9 Å². The zero-order valence-electron chi connectivity index (χ0n) is 11.5. The van der Waals surface area contributed by atoms with Crippen LogP contribution in [0.1, 0.15) is 19.7 Å². The number of aromatic nitrogens is 2. The van der Waals surface area contributed by atoms with E-state index in [0.717, 1.165) is 12.1 Å². The lowest BCUT2D eigenvalue weighted by Crippen LogP contribution is -2.31. The van der Waals surface area contributed by atoms with Crippen LogP contribution < -0.4 is 5.32 Å². The number of thioether (sulfide) groups is 1. The number of benzene rings is 1. The Morgan fingerprint density at radius 1 is 1.21 bits per heavy atom. The van der Waals surface area contributed by atoms with Crippen LogP contribution in [0.5, 0.6) is 0 Å². The number of rotatable bonds is 6. The van der Waals surface area contributed by atoms with Crippen molar-refractivity contribution in [2.75, 3.05) is 12.8 Å². The van der Waals surface area contributed by atoms with E-state index in [4.69, 9.17) is 4.42 Å². The predicted molar refractivity (Wildman–Crippen MR) is 79.0 cm³/mol. The van der Waals surface area contributed by atoms with E-state index in [-0.39, 0.29) is 4.75 Å². The average Bonchev–Trinajstić information content (AvgIpc) is 2.88. The van der Waals surface area contributed by atoms with Gasteiger partial charge in [0.2, 0.25) is 11.8 Å². The van der Waals surface area contributed by atoms with Crippen LogP contribution in [0, 0.1) is 0 Å². The van der Waals surface area contributed by atoms with Crippen molar-refractivity contribution in [2.45, 2.75) is 25.1 Å². The summed E-state index contributed by atoms with van der Waals surface area (Å²) in [6, 6.07) is 9.80. The van der Waals surface area contributed by atoms with Crippen molar-refractivity contribution in [2.24, 2.45) is 0 Å². The Hall–Kier alpha value is -1.33. The van der Waals surface area contributed by atoms with Gasteiger partial charge in [0.05, 0.1) is 6.54 Å². The van der Waals surface area contributed by atoms with Crippen molar-refractivity contribution in [3.05, 3.63) is 36.2 Å². The Labute approximate surface area is 118 Å². The van der Waals surface area contributed by atoms with E-state index in [0.29, 0.717) is 18.3 Å². The molecular weight excluding hydrogens is 258 g/mol. The maximum absolute atomic E-state index is 5.63. The molecule has 0 bridgehead atoms. The normalized spacial score (nSPS) is 11.7. The van der Waals surface area contributed by atoms with Gasteiger partial charge in [-0.15, -0.1) is 10.2 Å². The Morgan fingerprint density at radius 2 is 1.95 bits per heavy atom. The summed E-state index contributed by atoms with van der Waals surface area (Å²) in [5, 5.41) is 11.5. The molecule has 2 rings (SSSR count). The molecule has 2 aromatic rings. The van der Waals surface area contributed by atoms with Gasteiger partial charge in [-0.3, -0.25) is 0 Å². The minimum atomic E-state index is 0.211. The smallest absolute Gasteiger partial charge is 0.247 e. The summed E-state index contributed by atoms with van der Waals surface area (Å²) in [5.41, 5.74) is 0.950. The van der Waals surface area contributed by atoms with Crippen LogP contribution >= 0.6 is 11.8 Å². The quantitative estimate of drug-likeness (QED) is 0.879. The predicted octanol–water partition coefficient (Wildman–Crippen LogP) is 2.97. The summed E-state index contributed by atoms with van der Waals surface area (Å²) in [4.78, 5) is 0. The van der Waals surface area contributed by atoms with Crippen LogP contribution in [0.15, 0.2) is 34.7 Å². The molecule has 0 atom stereocenters. The molecule has 0 fully saturated rings. The third kappa shape index (κ3) is 4.08. The highest BCUT2D eigenvalue weighted by Crippen LogP contribution is 2.20. The molecule has 0 saturated heterocycles. The first kappa shape index (κ1) is 14.1. The summed E-state index contributed by atoms with van der Waals surface area (Å²) < 4.78 is 5.84. The van der Waals surface area contributed by atoms with Crippen LogP contribution in [-0.2, 0) is 6.54 Å². The van der Waals surface area contributed by atoms with Gasteiger partial charge in [-0.2, -0.15) is 11.8 Å². The molecule has 0 amide bonds. The third-order valence-electron chi connectivity index (χ3n) is 2.87. The molecule has 19 heavy (non-hydrogen) atoms. The van der Waals surface area contributed by atoms with Crippen LogP contribution in [-0.4, -0.2) is 27.7 Å². The van der Waals surface area contributed by atoms with Crippen molar-refractivity contribution >= 4 is 11.8 Å². The molecule has 5 heteroatoms. The molecule has 0 aliphatic rings. The van der Waals surface area contributed by atoms with E-state index < -0.39 is 0 Å². The molecule has 1 aromatic carbocycles.